The molecule has 0 radical (unpaired) electrons. The van der Waals surface area contributed by atoms with E-state index in [0.29, 0.717) is 0 Å². The average Bonchev–Trinajstić information content (AvgIpc) is 2.03. The van der Waals surface area contributed by atoms with E-state index in [4.69, 9.17) is 10.2 Å². The van der Waals surface area contributed by atoms with Crippen molar-refractivity contribution >= 4 is 22.6 Å². The van der Waals surface area contributed by atoms with Crippen LogP contribution in [0, 0.1) is 3.57 Å². The van der Waals surface area contributed by atoms with Gasteiger partial charge in [0.05, 0.1) is 6.61 Å². The number of hydrogen-bond acceptors (Lipinski definition) is 3. The lowest BCUT2D eigenvalue weighted by atomic mass is 10.3. The first kappa shape index (κ1) is 10.6. The molecule has 13 heavy (non-hydrogen) atoms. The van der Waals surface area contributed by atoms with E-state index in [0.717, 1.165) is 6.07 Å². The van der Waals surface area contributed by atoms with Crippen LogP contribution in [0.1, 0.15) is 17.8 Å². The quantitative estimate of drug-likeness (QED) is 0.819. The smallest absolute Gasteiger partial charge is 0.281 e. The average molecular weight is 301 g/mol. The van der Waals surface area contributed by atoms with Gasteiger partial charge in [-0.15, -0.1) is 0 Å². The summed E-state index contributed by atoms with van der Waals surface area (Å²) in [6.07, 6.45) is -2.70. The Labute approximate surface area is 86.6 Å². The third kappa shape index (κ3) is 2.25. The largest absolute Gasteiger partial charge is 0.506 e. The number of aliphatic hydroxyl groups is 1. The molecule has 0 amide bonds. The zero-order chi connectivity index (χ0) is 10.0. The topological polar surface area (TPSA) is 53.4 Å². The van der Waals surface area contributed by atoms with Crippen LogP contribution >= 0.6 is 22.6 Å². The van der Waals surface area contributed by atoms with E-state index in [-0.39, 0.29) is 15.0 Å². The van der Waals surface area contributed by atoms with Gasteiger partial charge in [0, 0.05) is 3.57 Å². The summed E-state index contributed by atoms with van der Waals surface area (Å²) < 4.78 is 24.7. The molecular formula is C7H6F2INO2. The van der Waals surface area contributed by atoms with Crippen molar-refractivity contribution in [2.75, 3.05) is 0 Å². The third-order valence-corrected chi connectivity index (χ3v) is 2.28. The standard InChI is InChI=1S/C7H6F2INO2/c8-7(9)6-3(10)1-5(13)4(2-12)11-6/h1,7,12-13H,2H2. The predicted molar refractivity (Wildman–Crippen MR) is 49.5 cm³/mol. The molecule has 6 heteroatoms. The van der Waals surface area contributed by atoms with Gasteiger partial charge in [0.25, 0.3) is 6.43 Å². The molecule has 0 aromatic carbocycles. The fourth-order valence-electron chi connectivity index (χ4n) is 0.803. The zero-order valence-electron chi connectivity index (χ0n) is 6.34. The van der Waals surface area contributed by atoms with Crippen LogP contribution in [0.15, 0.2) is 6.07 Å². The monoisotopic (exact) mass is 301 g/mol. The van der Waals surface area contributed by atoms with Crippen LogP contribution in [0.2, 0.25) is 0 Å². The minimum absolute atomic E-state index is 0.129. The van der Waals surface area contributed by atoms with Crippen molar-refractivity contribution in [3.63, 3.8) is 0 Å². The highest BCUT2D eigenvalue weighted by Crippen LogP contribution is 2.27. The molecule has 72 valence electrons. The van der Waals surface area contributed by atoms with E-state index in [9.17, 15) is 8.78 Å². The maximum atomic E-state index is 12.2. The highest BCUT2D eigenvalue weighted by Gasteiger charge is 2.16. The van der Waals surface area contributed by atoms with Gasteiger partial charge in [0.1, 0.15) is 17.1 Å². The summed E-state index contributed by atoms with van der Waals surface area (Å²) in [5, 5.41) is 17.8. The predicted octanol–water partition coefficient (Wildman–Crippen LogP) is 1.82. The molecule has 3 nitrogen and oxygen atoms in total. The van der Waals surface area contributed by atoms with Gasteiger partial charge in [-0.3, -0.25) is 0 Å². The van der Waals surface area contributed by atoms with Crippen LogP contribution in [-0.4, -0.2) is 15.2 Å². The van der Waals surface area contributed by atoms with Gasteiger partial charge in [-0.05, 0) is 28.7 Å². The molecule has 0 bridgehead atoms. The number of alkyl halides is 2. The maximum absolute atomic E-state index is 12.2. The first-order valence-electron chi connectivity index (χ1n) is 3.33. The number of aliphatic hydroxyl groups excluding tert-OH is 1. The van der Waals surface area contributed by atoms with E-state index in [1.54, 1.807) is 22.6 Å². The van der Waals surface area contributed by atoms with Crippen LogP contribution in [0.3, 0.4) is 0 Å². The van der Waals surface area contributed by atoms with E-state index < -0.39 is 18.7 Å². The summed E-state index contributed by atoms with van der Waals surface area (Å²) in [5.41, 5.74) is -0.543. The molecule has 0 spiro atoms. The minimum atomic E-state index is -2.70. The van der Waals surface area contributed by atoms with Crippen molar-refractivity contribution in [2.24, 2.45) is 0 Å². The SMILES string of the molecule is OCc1nc(C(F)F)c(I)cc1O. The van der Waals surface area contributed by atoms with Crippen molar-refractivity contribution in [1.82, 2.24) is 4.98 Å². The van der Waals surface area contributed by atoms with Gasteiger partial charge in [0.2, 0.25) is 0 Å². The lowest BCUT2D eigenvalue weighted by molar-refractivity contribution is 0.143. The molecule has 1 heterocycles. The van der Waals surface area contributed by atoms with E-state index >= 15 is 0 Å². The van der Waals surface area contributed by atoms with Crippen LogP contribution in [-0.2, 0) is 6.61 Å². The molecular weight excluding hydrogens is 295 g/mol. The van der Waals surface area contributed by atoms with E-state index in [2.05, 4.69) is 4.98 Å². The Morgan fingerprint density at radius 3 is 2.62 bits per heavy atom. The van der Waals surface area contributed by atoms with Crippen molar-refractivity contribution < 1.29 is 19.0 Å². The fraction of sp³-hybridized carbons (Fsp3) is 0.286. The molecule has 0 aliphatic heterocycles. The Balaban J connectivity index is 3.22. The zero-order valence-corrected chi connectivity index (χ0v) is 8.49. The number of aromatic nitrogens is 1. The molecule has 0 saturated carbocycles. The molecule has 0 aliphatic carbocycles. The Hall–Kier alpha value is -0.500. The molecule has 0 fully saturated rings. The van der Waals surface area contributed by atoms with Crippen molar-refractivity contribution in [3.05, 3.63) is 21.0 Å². The first-order valence-corrected chi connectivity index (χ1v) is 4.41. The third-order valence-electron chi connectivity index (χ3n) is 1.42. The summed E-state index contributed by atoms with van der Waals surface area (Å²) in [7, 11) is 0. The molecule has 1 rings (SSSR count). The van der Waals surface area contributed by atoms with E-state index in [1.165, 1.54) is 0 Å². The minimum Gasteiger partial charge on any atom is -0.506 e. The van der Waals surface area contributed by atoms with Crippen LogP contribution in [0.5, 0.6) is 5.75 Å². The summed E-state index contributed by atoms with van der Waals surface area (Å²) in [5.74, 6) is -0.267. The van der Waals surface area contributed by atoms with Gasteiger partial charge in [-0.2, -0.15) is 0 Å². The Morgan fingerprint density at radius 1 is 1.54 bits per heavy atom. The Kier molecular flexibility index (Phi) is 3.37. The van der Waals surface area contributed by atoms with Crippen molar-refractivity contribution in [3.8, 4) is 5.75 Å². The van der Waals surface area contributed by atoms with E-state index in [1.807, 2.05) is 0 Å². The Morgan fingerprint density at radius 2 is 2.15 bits per heavy atom. The van der Waals surface area contributed by atoms with Crippen LogP contribution in [0.25, 0.3) is 0 Å². The fourth-order valence-corrected chi connectivity index (χ4v) is 1.45. The number of hydrogen-bond donors (Lipinski definition) is 2. The number of halogens is 3. The second kappa shape index (κ2) is 4.14. The highest BCUT2D eigenvalue weighted by molar-refractivity contribution is 14.1. The summed E-state index contributed by atoms with van der Waals surface area (Å²) >= 11 is 1.65. The number of pyridine rings is 1. The Bertz CT molecular complexity index is 320. The van der Waals surface area contributed by atoms with Crippen molar-refractivity contribution in [1.29, 1.82) is 0 Å². The molecule has 0 aliphatic rings. The van der Waals surface area contributed by atoms with Gasteiger partial charge >= 0.3 is 0 Å². The second-order valence-electron chi connectivity index (χ2n) is 2.28. The molecule has 0 atom stereocenters. The van der Waals surface area contributed by atoms with Gasteiger partial charge in [-0.25, -0.2) is 13.8 Å². The van der Waals surface area contributed by atoms with Gasteiger partial charge in [0.15, 0.2) is 0 Å². The molecule has 2 N–H and O–H groups in total. The molecule has 0 unspecified atom stereocenters. The normalized spacial score (nSPS) is 10.8. The van der Waals surface area contributed by atoms with Gasteiger partial charge < -0.3 is 10.2 Å². The van der Waals surface area contributed by atoms with Gasteiger partial charge in [-0.1, -0.05) is 0 Å². The van der Waals surface area contributed by atoms with Crippen LogP contribution < -0.4 is 0 Å². The first-order chi connectivity index (χ1) is 6.06. The van der Waals surface area contributed by atoms with Crippen molar-refractivity contribution in [2.45, 2.75) is 13.0 Å². The molecule has 0 saturated heterocycles. The highest BCUT2D eigenvalue weighted by atomic mass is 127. The lowest BCUT2D eigenvalue weighted by Crippen LogP contribution is -1.99. The summed E-state index contributed by atoms with van der Waals surface area (Å²) in [6, 6.07) is 1.15. The summed E-state index contributed by atoms with van der Waals surface area (Å²) in [6.45, 7) is -0.553. The number of nitrogens with zero attached hydrogens (tertiary/aromatic N) is 1. The molecule has 1 aromatic heterocycles. The maximum Gasteiger partial charge on any atom is 0.281 e. The summed E-state index contributed by atoms with van der Waals surface area (Å²) in [4.78, 5) is 3.43. The number of rotatable bonds is 2. The lowest BCUT2D eigenvalue weighted by Gasteiger charge is -2.06. The second-order valence-corrected chi connectivity index (χ2v) is 3.44. The number of aromatic hydroxyl groups is 1. The van der Waals surface area contributed by atoms with Crippen LogP contribution in [0.4, 0.5) is 8.78 Å². The molecule has 1 aromatic rings.